The highest BCUT2D eigenvalue weighted by molar-refractivity contribution is 5.10. The van der Waals surface area contributed by atoms with Crippen LogP contribution in [0.1, 0.15) is 33.1 Å². The van der Waals surface area contributed by atoms with Crippen LogP contribution in [0.4, 0.5) is 0 Å². The average molecular weight is 235 g/mol. The van der Waals surface area contributed by atoms with E-state index >= 15 is 0 Å². The van der Waals surface area contributed by atoms with Crippen LogP contribution in [0.5, 0.6) is 0 Å². The van der Waals surface area contributed by atoms with E-state index in [0.717, 1.165) is 25.8 Å². The molecular weight excluding hydrogens is 210 g/mol. The summed E-state index contributed by atoms with van der Waals surface area (Å²) in [6.45, 7) is 13.1. The van der Waals surface area contributed by atoms with Gasteiger partial charge in [-0.3, -0.25) is 4.90 Å². The Kier molecular flexibility index (Phi) is 5.66. The van der Waals surface area contributed by atoms with Crippen molar-refractivity contribution < 1.29 is 5.11 Å². The van der Waals surface area contributed by atoms with Crippen LogP contribution in [-0.2, 0) is 0 Å². The zero-order valence-corrected chi connectivity index (χ0v) is 11.2. The average Bonchev–Trinajstić information content (AvgIpc) is 2.21. The molecule has 0 unspecified atom stereocenters. The fourth-order valence-corrected chi connectivity index (χ4v) is 2.52. The number of nitrogens with zero attached hydrogens (tertiary/aromatic N) is 1. The predicted molar refractivity (Wildman–Crippen MR) is 74.0 cm³/mol. The van der Waals surface area contributed by atoms with E-state index in [-0.39, 0.29) is 6.61 Å². The monoisotopic (exact) mass is 235 g/mol. The minimum Gasteiger partial charge on any atom is -0.395 e. The number of β-amino-alcohol motifs (C(OH)–C–C–N with tert-alkyl or cyclic N) is 1. The van der Waals surface area contributed by atoms with Gasteiger partial charge in [0.2, 0.25) is 0 Å². The van der Waals surface area contributed by atoms with Crippen molar-refractivity contribution in [1.82, 2.24) is 4.90 Å². The summed E-state index contributed by atoms with van der Waals surface area (Å²) in [7, 11) is 0. The second-order valence-electron chi connectivity index (χ2n) is 5.17. The van der Waals surface area contributed by atoms with Gasteiger partial charge in [-0.1, -0.05) is 23.3 Å². The number of rotatable bonds is 6. The summed E-state index contributed by atoms with van der Waals surface area (Å²) in [5, 5.41) is 9.21. The lowest BCUT2D eigenvalue weighted by Crippen LogP contribution is -2.46. The molecule has 0 aromatic heterocycles. The molecule has 0 aromatic rings. The molecule has 0 saturated heterocycles. The third-order valence-electron chi connectivity index (χ3n) is 3.16. The van der Waals surface area contributed by atoms with Crippen molar-refractivity contribution >= 4 is 0 Å². The Morgan fingerprint density at radius 1 is 1.29 bits per heavy atom. The van der Waals surface area contributed by atoms with E-state index in [0.29, 0.717) is 12.1 Å². The van der Waals surface area contributed by atoms with E-state index in [1.54, 1.807) is 0 Å². The van der Waals surface area contributed by atoms with Crippen molar-refractivity contribution in [3.63, 3.8) is 0 Å². The summed E-state index contributed by atoms with van der Waals surface area (Å²) in [6.07, 6.45) is 7.55. The Hall–Kier alpha value is -0.860. The Morgan fingerprint density at radius 3 is 2.47 bits per heavy atom. The molecule has 2 atom stereocenters. The predicted octanol–water partition coefficient (Wildman–Crippen LogP) is 2.91. The maximum absolute atomic E-state index is 9.21. The van der Waals surface area contributed by atoms with Gasteiger partial charge >= 0.3 is 0 Å². The molecule has 0 spiro atoms. The van der Waals surface area contributed by atoms with Crippen molar-refractivity contribution in [1.29, 1.82) is 0 Å². The lowest BCUT2D eigenvalue weighted by molar-refractivity contribution is 0.114. The summed E-state index contributed by atoms with van der Waals surface area (Å²) in [4.78, 5) is 2.39. The third-order valence-corrected chi connectivity index (χ3v) is 3.16. The second kappa shape index (κ2) is 6.77. The summed E-state index contributed by atoms with van der Waals surface area (Å²) in [5.74, 6) is 0. The normalized spacial score (nSPS) is 24.9. The molecule has 1 aliphatic rings. The van der Waals surface area contributed by atoms with E-state index in [2.05, 4.69) is 44.1 Å². The SMILES string of the molecule is C=C(C)C[C@H]1CC=C[C@@H](CC(=C)C)N1CCO. The quantitative estimate of drug-likeness (QED) is 0.716. The zero-order valence-electron chi connectivity index (χ0n) is 11.2. The minimum absolute atomic E-state index is 0.215. The van der Waals surface area contributed by atoms with Crippen LogP contribution < -0.4 is 0 Å². The Bertz CT molecular complexity index is 306. The van der Waals surface area contributed by atoms with Gasteiger partial charge < -0.3 is 5.11 Å². The van der Waals surface area contributed by atoms with E-state index in [9.17, 15) is 5.11 Å². The third kappa shape index (κ3) is 4.49. The van der Waals surface area contributed by atoms with Crippen molar-refractivity contribution in [2.24, 2.45) is 0 Å². The minimum atomic E-state index is 0.215. The summed E-state index contributed by atoms with van der Waals surface area (Å²) < 4.78 is 0. The molecule has 0 aromatic carbocycles. The lowest BCUT2D eigenvalue weighted by atomic mass is 9.94. The standard InChI is InChI=1S/C15H25NO/c1-12(2)10-14-6-5-7-15(11-13(3)4)16(14)8-9-17/h5-6,14-15,17H,1,3,7-11H2,2,4H3/t14-,15+/m0/s1. The van der Waals surface area contributed by atoms with Gasteiger partial charge in [0.05, 0.1) is 6.61 Å². The molecule has 2 heteroatoms. The van der Waals surface area contributed by atoms with Crippen LogP contribution >= 0.6 is 0 Å². The van der Waals surface area contributed by atoms with E-state index in [1.165, 1.54) is 11.1 Å². The number of hydrogen-bond donors (Lipinski definition) is 1. The van der Waals surface area contributed by atoms with Gasteiger partial charge in [-0.15, -0.1) is 13.2 Å². The molecule has 96 valence electrons. The van der Waals surface area contributed by atoms with E-state index in [4.69, 9.17) is 0 Å². The van der Waals surface area contributed by atoms with Gasteiger partial charge in [0, 0.05) is 18.6 Å². The number of aliphatic hydroxyl groups excluding tert-OH is 1. The van der Waals surface area contributed by atoms with Crippen molar-refractivity contribution in [3.8, 4) is 0 Å². The maximum Gasteiger partial charge on any atom is 0.0558 e. The Balaban J connectivity index is 2.74. The molecule has 1 rings (SSSR count). The molecule has 0 aliphatic carbocycles. The lowest BCUT2D eigenvalue weighted by Gasteiger charge is -2.39. The van der Waals surface area contributed by atoms with Crippen molar-refractivity contribution in [2.45, 2.75) is 45.2 Å². The highest BCUT2D eigenvalue weighted by Gasteiger charge is 2.26. The molecule has 0 saturated carbocycles. The van der Waals surface area contributed by atoms with Crippen molar-refractivity contribution in [2.75, 3.05) is 13.2 Å². The zero-order chi connectivity index (χ0) is 12.8. The number of hydrogen-bond acceptors (Lipinski definition) is 2. The molecule has 1 aliphatic heterocycles. The fraction of sp³-hybridized carbons (Fsp3) is 0.600. The fourth-order valence-electron chi connectivity index (χ4n) is 2.52. The van der Waals surface area contributed by atoms with E-state index in [1.807, 2.05) is 0 Å². The highest BCUT2D eigenvalue weighted by atomic mass is 16.3. The molecule has 2 nitrogen and oxygen atoms in total. The van der Waals surface area contributed by atoms with Gasteiger partial charge in [0.15, 0.2) is 0 Å². The second-order valence-corrected chi connectivity index (χ2v) is 5.17. The summed E-state index contributed by atoms with van der Waals surface area (Å²) in [6, 6.07) is 0.867. The van der Waals surface area contributed by atoms with E-state index < -0.39 is 0 Å². The molecule has 1 heterocycles. The first-order valence-electron chi connectivity index (χ1n) is 6.36. The molecule has 0 fully saturated rings. The summed E-state index contributed by atoms with van der Waals surface area (Å²) >= 11 is 0. The van der Waals surface area contributed by atoms with Gasteiger partial charge in [0.25, 0.3) is 0 Å². The highest BCUT2D eigenvalue weighted by Crippen LogP contribution is 2.25. The van der Waals surface area contributed by atoms with Crippen LogP contribution in [0.2, 0.25) is 0 Å². The van der Waals surface area contributed by atoms with Gasteiger partial charge in [-0.05, 0) is 33.1 Å². The smallest absolute Gasteiger partial charge is 0.0558 e. The molecule has 1 N–H and O–H groups in total. The first kappa shape index (κ1) is 14.2. The van der Waals surface area contributed by atoms with Crippen LogP contribution in [0.25, 0.3) is 0 Å². The van der Waals surface area contributed by atoms with Crippen LogP contribution in [0.3, 0.4) is 0 Å². The van der Waals surface area contributed by atoms with Crippen LogP contribution in [0, 0.1) is 0 Å². The first-order valence-corrected chi connectivity index (χ1v) is 6.36. The first-order chi connectivity index (χ1) is 8.04. The van der Waals surface area contributed by atoms with Crippen LogP contribution in [-0.4, -0.2) is 35.2 Å². The Morgan fingerprint density at radius 2 is 1.94 bits per heavy atom. The van der Waals surface area contributed by atoms with Crippen molar-refractivity contribution in [3.05, 3.63) is 36.5 Å². The van der Waals surface area contributed by atoms with Crippen LogP contribution in [0.15, 0.2) is 36.5 Å². The molecule has 0 radical (unpaired) electrons. The summed E-state index contributed by atoms with van der Waals surface area (Å²) in [5.41, 5.74) is 2.40. The topological polar surface area (TPSA) is 23.5 Å². The molecular formula is C15H25NO. The van der Waals surface area contributed by atoms with Gasteiger partial charge in [0.1, 0.15) is 0 Å². The Labute approximate surface area is 105 Å². The molecule has 0 amide bonds. The van der Waals surface area contributed by atoms with Gasteiger partial charge in [-0.2, -0.15) is 0 Å². The largest absolute Gasteiger partial charge is 0.395 e. The number of aliphatic hydroxyl groups is 1. The maximum atomic E-state index is 9.21. The van der Waals surface area contributed by atoms with Gasteiger partial charge in [-0.25, -0.2) is 0 Å². The molecule has 0 bridgehead atoms. The molecule has 17 heavy (non-hydrogen) atoms.